The molecule has 126 valence electrons. The number of rotatable bonds is 5. The van der Waals surface area contributed by atoms with E-state index in [9.17, 15) is 4.39 Å². The smallest absolute Gasteiger partial charge is 0.191 e. The van der Waals surface area contributed by atoms with Crippen LogP contribution >= 0.6 is 0 Å². The van der Waals surface area contributed by atoms with Gasteiger partial charge in [0.2, 0.25) is 0 Å². The lowest BCUT2D eigenvalue weighted by atomic mass is 9.95. The average Bonchev–Trinajstić information content (AvgIpc) is 3.40. The number of nitrogens with one attached hydrogen (secondary N) is 2. The minimum absolute atomic E-state index is 0.0983. The van der Waals surface area contributed by atoms with Crippen LogP contribution in [0.15, 0.2) is 59.6 Å². The number of halogens is 1. The molecule has 0 heterocycles. The molecule has 3 nitrogen and oxygen atoms in total. The van der Waals surface area contributed by atoms with Gasteiger partial charge in [-0.3, -0.25) is 4.99 Å². The summed E-state index contributed by atoms with van der Waals surface area (Å²) in [7, 11) is 1.76. The molecule has 2 aromatic rings. The van der Waals surface area contributed by atoms with Gasteiger partial charge in [0.1, 0.15) is 5.82 Å². The van der Waals surface area contributed by atoms with E-state index in [4.69, 9.17) is 0 Å². The van der Waals surface area contributed by atoms with E-state index in [1.807, 2.05) is 30.3 Å². The topological polar surface area (TPSA) is 36.4 Å². The van der Waals surface area contributed by atoms with Crippen LogP contribution in [0, 0.1) is 5.82 Å². The highest BCUT2D eigenvalue weighted by molar-refractivity contribution is 5.80. The van der Waals surface area contributed by atoms with Crippen molar-refractivity contribution in [2.75, 3.05) is 13.6 Å². The molecule has 1 unspecified atom stereocenters. The number of guanidine groups is 1. The largest absolute Gasteiger partial charge is 0.356 e. The molecule has 1 atom stereocenters. The molecule has 0 amide bonds. The molecule has 0 bridgehead atoms. The quantitative estimate of drug-likeness (QED) is 0.648. The van der Waals surface area contributed by atoms with E-state index in [2.05, 4.69) is 34.7 Å². The molecule has 0 aliphatic heterocycles. The van der Waals surface area contributed by atoms with Gasteiger partial charge in [-0.25, -0.2) is 4.39 Å². The van der Waals surface area contributed by atoms with Gasteiger partial charge in [-0.15, -0.1) is 0 Å². The lowest BCUT2D eigenvalue weighted by molar-refractivity contribution is 0.557. The molecule has 0 spiro atoms. The summed E-state index contributed by atoms with van der Waals surface area (Å²) in [5.74, 6) is 0.631. The van der Waals surface area contributed by atoms with E-state index in [1.54, 1.807) is 19.2 Å². The third-order valence-corrected chi connectivity index (χ3v) is 4.77. The Hall–Kier alpha value is -2.36. The monoisotopic (exact) mass is 325 g/mol. The number of aliphatic imine (C=N–C) groups is 1. The lowest BCUT2D eigenvalue weighted by Crippen LogP contribution is -2.42. The van der Waals surface area contributed by atoms with Gasteiger partial charge in [-0.1, -0.05) is 48.5 Å². The Kier molecular flexibility index (Phi) is 4.84. The second-order valence-corrected chi connectivity index (χ2v) is 6.46. The summed E-state index contributed by atoms with van der Waals surface area (Å²) >= 11 is 0. The summed E-state index contributed by atoms with van der Waals surface area (Å²) in [5.41, 5.74) is 1.92. The van der Waals surface area contributed by atoms with Crippen LogP contribution < -0.4 is 10.6 Å². The second-order valence-electron chi connectivity index (χ2n) is 6.46. The van der Waals surface area contributed by atoms with Crippen LogP contribution in [0.1, 0.15) is 36.9 Å². The minimum atomic E-state index is -0.114. The average molecular weight is 325 g/mol. The van der Waals surface area contributed by atoms with Crippen molar-refractivity contribution in [3.8, 4) is 0 Å². The van der Waals surface area contributed by atoms with Crippen molar-refractivity contribution in [3.05, 3.63) is 71.5 Å². The SMILES string of the molecule is CN=C(NCC1(c2ccccc2F)CC1)NC(C)c1ccccc1. The summed E-state index contributed by atoms with van der Waals surface area (Å²) in [6.45, 7) is 2.79. The van der Waals surface area contributed by atoms with E-state index in [0.29, 0.717) is 6.54 Å². The van der Waals surface area contributed by atoms with Crippen LogP contribution in [0.4, 0.5) is 4.39 Å². The first-order valence-electron chi connectivity index (χ1n) is 8.42. The number of hydrogen-bond donors (Lipinski definition) is 2. The zero-order valence-corrected chi connectivity index (χ0v) is 14.2. The molecular formula is C20H24FN3. The zero-order valence-electron chi connectivity index (χ0n) is 14.2. The van der Waals surface area contributed by atoms with Crippen molar-refractivity contribution in [3.63, 3.8) is 0 Å². The Balaban J connectivity index is 1.62. The maximum Gasteiger partial charge on any atom is 0.191 e. The van der Waals surface area contributed by atoms with Gasteiger partial charge in [0.25, 0.3) is 0 Å². The van der Waals surface area contributed by atoms with Crippen molar-refractivity contribution in [1.29, 1.82) is 0 Å². The third kappa shape index (κ3) is 3.58. The minimum Gasteiger partial charge on any atom is -0.356 e. The molecule has 0 radical (unpaired) electrons. The molecular weight excluding hydrogens is 301 g/mol. The molecule has 1 saturated carbocycles. The Morgan fingerprint density at radius 2 is 1.79 bits per heavy atom. The fourth-order valence-electron chi connectivity index (χ4n) is 3.06. The summed E-state index contributed by atoms with van der Waals surface area (Å²) < 4.78 is 14.1. The van der Waals surface area contributed by atoms with Gasteiger partial charge >= 0.3 is 0 Å². The third-order valence-electron chi connectivity index (χ3n) is 4.77. The van der Waals surface area contributed by atoms with Crippen LogP contribution in [0.25, 0.3) is 0 Å². The molecule has 4 heteroatoms. The molecule has 0 aromatic heterocycles. The lowest BCUT2D eigenvalue weighted by Gasteiger charge is -2.22. The van der Waals surface area contributed by atoms with E-state index < -0.39 is 0 Å². The first-order chi connectivity index (χ1) is 11.6. The van der Waals surface area contributed by atoms with Crippen molar-refractivity contribution < 1.29 is 4.39 Å². The first kappa shape index (κ1) is 16.5. The Morgan fingerprint density at radius 3 is 2.42 bits per heavy atom. The molecule has 1 aliphatic rings. The molecule has 1 aliphatic carbocycles. The van der Waals surface area contributed by atoms with Gasteiger partial charge in [0.15, 0.2) is 5.96 Å². The van der Waals surface area contributed by atoms with Gasteiger partial charge in [0.05, 0.1) is 6.04 Å². The normalized spacial score (nSPS) is 17.2. The van der Waals surface area contributed by atoms with Crippen molar-refractivity contribution in [2.24, 2.45) is 4.99 Å². The standard InChI is InChI=1S/C20H24FN3/c1-15(16-8-4-3-5-9-16)24-19(22-2)23-14-20(12-13-20)17-10-6-7-11-18(17)21/h3-11,15H,12-14H2,1-2H3,(H2,22,23,24). The molecule has 1 fully saturated rings. The Morgan fingerprint density at radius 1 is 1.12 bits per heavy atom. The van der Waals surface area contributed by atoms with Gasteiger partial charge in [-0.2, -0.15) is 0 Å². The summed E-state index contributed by atoms with van der Waals surface area (Å²) in [5, 5.41) is 6.77. The number of hydrogen-bond acceptors (Lipinski definition) is 1. The fraction of sp³-hybridized carbons (Fsp3) is 0.350. The number of nitrogens with zero attached hydrogens (tertiary/aromatic N) is 1. The Bertz CT molecular complexity index is 708. The highest BCUT2D eigenvalue weighted by Gasteiger charge is 2.45. The van der Waals surface area contributed by atoms with Crippen LogP contribution in [0.3, 0.4) is 0 Å². The second kappa shape index (κ2) is 7.04. The first-order valence-corrected chi connectivity index (χ1v) is 8.42. The highest BCUT2D eigenvalue weighted by Crippen LogP contribution is 2.48. The van der Waals surface area contributed by atoms with Gasteiger partial charge < -0.3 is 10.6 Å². The van der Waals surface area contributed by atoms with Crippen molar-refractivity contribution in [2.45, 2.75) is 31.2 Å². The molecule has 0 saturated heterocycles. The summed E-state index contributed by atoms with van der Waals surface area (Å²) in [6, 6.07) is 17.5. The van der Waals surface area contributed by atoms with Crippen molar-refractivity contribution in [1.82, 2.24) is 10.6 Å². The highest BCUT2D eigenvalue weighted by atomic mass is 19.1. The van der Waals surface area contributed by atoms with Crippen LogP contribution in [-0.2, 0) is 5.41 Å². The number of benzene rings is 2. The summed E-state index contributed by atoms with van der Waals surface area (Å²) in [4.78, 5) is 4.30. The predicted octanol–water partition coefficient (Wildman–Crippen LogP) is 3.78. The van der Waals surface area contributed by atoms with Crippen molar-refractivity contribution >= 4 is 5.96 Å². The van der Waals surface area contributed by atoms with E-state index >= 15 is 0 Å². The summed E-state index contributed by atoms with van der Waals surface area (Å²) in [6.07, 6.45) is 2.01. The molecule has 24 heavy (non-hydrogen) atoms. The van der Waals surface area contributed by atoms with E-state index in [0.717, 1.165) is 24.4 Å². The molecule has 2 N–H and O–H groups in total. The van der Waals surface area contributed by atoms with Crippen LogP contribution in [0.5, 0.6) is 0 Å². The Labute approximate surface area is 143 Å². The van der Waals surface area contributed by atoms with E-state index in [-0.39, 0.29) is 17.3 Å². The van der Waals surface area contributed by atoms with E-state index in [1.165, 1.54) is 5.56 Å². The zero-order chi connectivity index (χ0) is 17.0. The van der Waals surface area contributed by atoms with Gasteiger partial charge in [0, 0.05) is 19.0 Å². The molecule has 2 aromatic carbocycles. The van der Waals surface area contributed by atoms with Crippen LogP contribution in [-0.4, -0.2) is 19.6 Å². The van der Waals surface area contributed by atoms with Crippen LogP contribution in [0.2, 0.25) is 0 Å². The fourth-order valence-corrected chi connectivity index (χ4v) is 3.06. The maximum absolute atomic E-state index is 14.1. The molecule has 3 rings (SSSR count). The van der Waals surface area contributed by atoms with Gasteiger partial charge in [-0.05, 0) is 37.0 Å². The predicted molar refractivity (Wildman–Crippen MR) is 96.7 cm³/mol. The maximum atomic E-state index is 14.1.